The van der Waals surface area contributed by atoms with E-state index in [1.165, 1.54) is 12.1 Å². The van der Waals surface area contributed by atoms with Crippen LogP contribution >= 0.6 is 15.9 Å². The van der Waals surface area contributed by atoms with E-state index >= 15 is 0 Å². The van der Waals surface area contributed by atoms with Crippen LogP contribution in [0.1, 0.15) is 24.7 Å². The Morgan fingerprint density at radius 3 is 2.88 bits per heavy atom. The molecule has 1 saturated heterocycles. The van der Waals surface area contributed by atoms with Crippen LogP contribution in [0, 0.1) is 5.82 Å². The Morgan fingerprint density at radius 1 is 1.35 bits per heavy atom. The summed E-state index contributed by atoms with van der Waals surface area (Å²) in [4.78, 5) is 4.39. The Labute approximate surface area is 107 Å². The average molecular weight is 299 g/mol. The number of nitrogens with zero attached hydrogens (tertiary/aromatic N) is 1. The van der Waals surface area contributed by atoms with Crippen LogP contribution in [0.2, 0.25) is 0 Å². The molecule has 5 heteroatoms. The Hall–Kier alpha value is -0.940. The molecule has 1 N–H and O–H groups in total. The van der Waals surface area contributed by atoms with Gasteiger partial charge >= 0.3 is 0 Å². The number of oxazole rings is 1. The lowest BCUT2D eigenvalue weighted by atomic mass is 9.98. The van der Waals surface area contributed by atoms with Crippen LogP contribution in [0.15, 0.2) is 21.0 Å². The first kappa shape index (κ1) is 11.2. The lowest BCUT2D eigenvalue weighted by molar-refractivity contribution is 0.385. The van der Waals surface area contributed by atoms with Crippen LogP contribution < -0.4 is 5.32 Å². The van der Waals surface area contributed by atoms with Gasteiger partial charge in [0.15, 0.2) is 11.5 Å². The van der Waals surface area contributed by atoms with E-state index in [4.69, 9.17) is 4.42 Å². The summed E-state index contributed by atoms with van der Waals surface area (Å²) in [5.74, 6) is 0.779. The number of fused-ring (bicyclic) bond motifs is 1. The molecule has 0 unspecified atom stereocenters. The molecule has 0 saturated carbocycles. The summed E-state index contributed by atoms with van der Waals surface area (Å²) in [5, 5.41) is 3.30. The first-order chi connectivity index (χ1) is 8.24. The molecule has 1 aliphatic heterocycles. The maximum atomic E-state index is 13.2. The van der Waals surface area contributed by atoms with Crippen molar-refractivity contribution in [3.63, 3.8) is 0 Å². The molecule has 17 heavy (non-hydrogen) atoms. The van der Waals surface area contributed by atoms with E-state index in [2.05, 4.69) is 26.2 Å². The minimum atomic E-state index is -0.297. The van der Waals surface area contributed by atoms with E-state index < -0.39 is 0 Å². The number of hydrogen-bond donors (Lipinski definition) is 1. The highest BCUT2D eigenvalue weighted by Crippen LogP contribution is 2.31. The van der Waals surface area contributed by atoms with Crippen LogP contribution in [0.3, 0.4) is 0 Å². The normalized spacial score (nSPS) is 17.8. The van der Waals surface area contributed by atoms with E-state index in [1.807, 2.05) is 0 Å². The zero-order valence-electron chi connectivity index (χ0n) is 9.17. The Bertz CT molecular complexity index is 549. The monoisotopic (exact) mass is 298 g/mol. The largest absolute Gasteiger partial charge is 0.439 e. The smallest absolute Gasteiger partial charge is 0.198 e. The number of rotatable bonds is 1. The third-order valence-electron chi connectivity index (χ3n) is 3.11. The molecule has 3 nitrogen and oxygen atoms in total. The molecule has 0 aliphatic carbocycles. The summed E-state index contributed by atoms with van der Waals surface area (Å²) in [6, 6.07) is 2.81. The van der Waals surface area contributed by atoms with Crippen molar-refractivity contribution >= 4 is 27.0 Å². The number of hydrogen-bond acceptors (Lipinski definition) is 3. The van der Waals surface area contributed by atoms with Crippen LogP contribution in [0.25, 0.3) is 11.1 Å². The molecule has 0 spiro atoms. The number of piperidine rings is 1. The third-order valence-corrected chi connectivity index (χ3v) is 3.70. The molecule has 2 heterocycles. The molecule has 3 rings (SSSR count). The van der Waals surface area contributed by atoms with Crippen molar-refractivity contribution in [1.29, 1.82) is 0 Å². The van der Waals surface area contributed by atoms with Crippen molar-refractivity contribution in [1.82, 2.24) is 10.3 Å². The average Bonchev–Trinajstić information content (AvgIpc) is 2.74. The number of aromatic nitrogens is 1. The number of benzene rings is 1. The fourth-order valence-electron chi connectivity index (χ4n) is 2.22. The van der Waals surface area contributed by atoms with E-state index in [0.29, 0.717) is 21.5 Å². The molecule has 0 bridgehead atoms. The van der Waals surface area contributed by atoms with Crippen molar-refractivity contribution < 1.29 is 8.81 Å². The van der Waals surface area contributed by atoms with Gasteiger partial charge in [-0.25, -0.2) is 9.37 Å². The first-order valence-electron chi connectivity index (χ1n) is 5.70. The summed E-state index contributed by atoms with van der Waals surface area (Å²) in [7, 11) is 0. The predicted octanol–water partition coefficient (Wildman–Crippen LogP) is 3.20. The molecule has 0 radical (unpaired) electrons. The van der Waals surface area contributed by atoms with Gasteiger partial charge < -0.3 is 9.73 Å². The fourth-order valence-corrected chi connectivity index (χ4v) is 2.72. The second-order valence-corrected chi connectivity index (χ2v) is 5.17. The predicted molar refractivity (Wildman–Crippen MR) is 66.5 cm³/mol. The lowest BCUT2D eigenvalue weighted by Crippen LogP contribution is -2.26. The summed E-state index contributed by atoms with van der Waals surface area (Å²) < 4.78 is 19.6. The number of nitrogens with one attached hydrogen (secondary N) is 1. The summed E-state index contributed by atoms with van der Waals surface area (Å²) >= 11 is 3.30. The summed E-state index contributed by atoms with van der Waals surface area (Å²) in [5.41, 5.74) is 1.23. The SMILES string of the molecule is Fc1cc(Br)c2oc(C3CCNCC3)nc2c1. The van der Waals surface area contributed by atoms with Crippen molar-refractivity contribution in [2.75, 3.05) is 13.1 Å². The minimum Gasteiger partial charge on any atom is -0.439 e. The van der Waals surface area contributed by atoms with Gasteiger partial charge in [0.2, 0.25) is 0 Å². The highest BCUT2D eigenvalue weighted by atomic mass is 79.9. The first-order valence-corrected chi connectivity index (χ1v) is 6.49. The molecule has 0 atom stereocenters. The van der Waals surface area contributed by atoms with Gasteiger partial charge in [-0.3, -0.25) is 0 Å². The third kappa shape index (κ3) is 2.09. The molecule has 1 fully saturated rings. The van der Waals surface area contributed by atoms with Gasteiger partial charge in [-0.15, -0.1) is 0 Å². The van der Waals surface area contributed by atoms with Gasteiger partial charge in [-0.1, -0.05) is 0 Å². The van der Waals surface area contributed by atoms with Crippen molar-refractivity contribution in [2.45, 2.75) is 18.8 Å². The van der Waals surface area contributed by atoms with E-state index in [1.54, 1.807) is 0 Å². The Morgan fingerprint density at radius 2 is 2.12 bits per heavy atom. The fraction of sp³-hybridized carbons (Fsp3) is 0.417. The highest BCUT2D eigenvalue weighted by Gasteiger charge is 2.21. The molecule has 2 aromatic rings. The van der Waals surface area contributed by atoms with E-state index in [0.717, 1.165) is 31.8 Å². The van der Waals surface area contributed by atoms with E-state index in [9.17, 15) is 4.39 Å². The molecule has 1 aromatic carbocycles. The van der Waals surface area contributed by atoms with Gasteiger partial charge in [0, 0.05) is 12.0 Å². The quantitative estimate of drug-likeness (QED) is 0.879. The van der Waals surface area contributed by atoms with Gasteiger partial charge in [-0.05, 0) is 47.9 Å². The maximum absolute atomic E-state index is 13.2. The standard InChI is InChI=1S/C12H12BrFN2O/c13-9-5-8(14)6-10-11(9)17-12(16-10)7-1-3-15-4-2-7/h5-7,15H,1-4H2. The Kier molecular flexibility index (Phi) is 2.88. The van der Waals surface area contributed by atoms with Crippen LogP contribution in [0.5, 0.6) is 0 Å². The zero-order valence-corrected chi connectivity index (χ0v) is 10.8. The van der Waals surface area contributed by atoms with E-state index in [-0.39, 0.29) is 5.82 Å². The van der Waals surface area contributed by atoms with Crippen LogP contribution in [-0.2, 0) is 0 Å². The zero-order chi connectivity index (χ0) is 11.8. The molecular formula is C12H12BrFN2O. The van der Waals surface area contributed by atoms with Crippen LogP contribution in [-0.4, -0.2) is 18.1 Å². The molecule has 1 aliphatic rings. The van der Waals surface area contributed by atoms with Crippen molar-refractivity contribution in [3.05, 3.63) is 28.3 Å². The van der Waals surface area contributed by atoms with Gasteiger partial charge in [-0.2, -0.15) is 0 Å². The maximum Gasteiger partial charge on any atom is 0.198 e. The molecule has 90 valence electrons. The topological polar surface area (TPSA) is 38.1 Å². The second-order valence-electron chi connectivity index (χ2n) is 4.31. The molecule has 1 aromatic heterocycles. The highest BCUT2D eigenvalue weighted by molar-refractivity contribution is 9.10. The number of halogens is 2. The van der Waals surface area contributed by atoms with Crippen molar-refractivity contribution in [3.8, 4) is 0 Å². The summed E-state index contributed by atoms with van der Waals surface area (Å²) in [6.45, 7) is 1.97. The molecular weight excluding hydrogens is 287 g/mol. The Balaban J connectivity index is 2.03. The van der Waals surface area contributed by atoms with Gasteiger partial charge in [0.05, 0.1) is 4.47 Å². The van der Waals surface area contributed by atoms with Gasteiger partial charge in [0.1, 0.15) is 11.3 Å². The molecule has 0 amide bonds. The van der Waals surface area contributed by atoms with Gasteiger partial charge in [0.25, 0.3) is 0 Å². The minimum absolute atomic E-state index is 0.297. The van der Waals surface area contributed by atoms with Crippen LogP contribution in [0.4, 0.5) is 4.39 Å². The second kappa shape index (κ2) is 4.38. The summed E-state index contributed by atoms with van der Waals surface area (Å²) in [6.07, 6.45) is 2.04. The lowest BCUT2D eigenvalue weighted by Gasteiger charge is -2.19. The van der Waals surface area contributed by atoms with Crippen molar-refractivity contribution in [2.24, 2.45) is 0 Å².